The Labute approximate surface area is 127 Å². The first-order chi connectivity index (χ1) is 10.6. The molecule has 1 saturated heterocycles. The minimum atomic E-state index is -0.470. The zero-order chi connectivity index (χ0) is 15.3. The second-order valence-electron chi connectivity index (χ2n) is 5.93. The van der Waals surface area contributed by atoms with Crippen molar-refractivity contribution in [2.75, 3.05) is 19.7 Å². The average molecular weight is 299 g/mol. The number of amides is 1. The van der Waals surface area contributed by atoms with E-state index < -0.39 is 5.66 Å². The summed E-state index contributed by atoms with van der Waals surface area (Å²) in [6.07, 6.45) is 3.36. The number of nitrogens with zero attached hydrogens (tertiary/aromatic N) is 5. The number of imidazole rings is 1. The van der Waals surface area contributed by atoms with Gasteiger partial charge >= 0.3 is 0 Å². The third-order valence-corrected chi connectivity index (χ3v) is 4.45. The minimum Gasteiger partial charge on any atom is -0.370 e. The van der Waals surface area contributed by atoms with E-state index in [-0.39, 0.29) is 12.0 Å². The van der Waals surface area contributed by atoms with Crippen molar-refractivity contribution in [1.29, 1.82) is 0 Å². The van der Waals surface area contributed by atoms with Gasteiger partial charge in [0.05, 0.1) is 36.8 Å². The molecule has 2 aromatic heterocycles. The van der Waals surface area contributed by atoms with Crippen LogP contribution in [0.1, 0.15) is 23.0 Å². The van der Waals surface area contributed by atoms with E-state index in [1.165, 1.54) is 0 Å². The maximum atomic E-state index is 12.9. The van der Waals surface area contributed by atoms with E-state index in [0.29, 0.717) is 25.3 Å². The minimum absolute atomic E-state index is 0.0191. The Hall–Kier alpha value is -2.28. The van der Waals surface area contributed by atoms with Crippen molar-refractivity contribution in [2.45, 2.75) is 25.6 Å². The average Bonchev–Trinajstić information content (AvgIpc) is 3.11. The van der Waals surface area contributed by atoms with E-state index in [4.69, 9.17) is 4.74 Å². The standard InChI is InChI=1S/C15H17N5O2/c1-10-12(4-3-11-7-16-9-20(10)11)14(21)19-5-6-22-13(8-19)15(2)17-18-15/h3-4,7,9,13H,5-6,8H2,1-2H3. The predicted molar refractivity (Wildman–Crippen MR) is 78.8 cm³/mol. The Morgan fingerprint density at radius 2 is 2.23 bits per heavy atom. The van der Waals surface area contributed by atoms with Crippen molar-refractivity contribution in [3.8, 4) is 0 Å². The highest BCUT2D eigenvalue weighted by Gasteiger charge is 2.47. The van der Waals surface area contributed by atoms with Crippen LogP contribution in [-0.4, -0.2) is 51.7 Å². The summed E-state index contributed by atoms with van der Waals surface area (Å²) >= 11 is 0. The molecule has 1 unspecified atom stereocenters. The molecule has 1 amide bonds. The molecule has 4 heterocycles. The van der Waals surface area contributed by atoms with Crippen molar-refractivity contribution in [3.05, 3.63) is 35.9 Å². The summed E-state index contributed by atoms with van der Waals surface area (Å²) in [6.45, 7) is 5.49. The second-order valence-corrected chi connectivity index (χ2v) is 5.93. The summed E-state index contributed by atoms with van der Waals surface area (Å²) in [5.41, 5.74) is 2.11. The van der Waals surface area contributed by atoms with Gasteiger partial charge in [-0.3, -0.25) is 4.79 Å². The molecule has 1 fully saturated rings. The van der Waals surface area contributed by atoms with Gasteiger partial charge in [-0.1, -0.05) is 0 Å². The fourth-order valence-corrected chi connectivity index (χ4v) is 2.90. The number of carbonyl (C=O) groups excluding carboxylic acids is 1. The zero-order valence-electron chi connectivity index (χ0n) is 12.6. The lowest BCUT2D eigenvalue weighted by molar-refractivity contribution is -0.0388. The molecule has 2 aliphatic rings. The van der Waals surface area contributed by atoms with Crippen LogP contribution in [0.3, 0.4) is 0 Å². The lowest BCUT2D eigenvalue weighted by Crippen LogP contribution is -2.50. The molecular formula is C15H17N5O2. The Morgan fingerprint density at radius 3 is 3.00 bits per heavy atom. The highest BCUT2D eigenvalue weighted by Crippen LogP contribution is 2.34. The Kier molecular flexibility index (Phi) is 2.80. The lowest BCUT2D eigenvalue weighted by atomic mass is 10.1. The molecule has 4 rings (SSSR count). The van der Waals surface area contributed by atoms with Gasteiger partial charge in [0, 0.05) is 12.2 Å². The SMILES string of the molecule is Cc1c(C(=O)N2CCOC(C3(C)N=N3)C2)ccc2cncn12. The Balaban J connectivity index is 1.61. The molecule has 0 spiro atoms. The van der Waals surface area contributed by atoms with Gasteiger partial charge in [0.1, 0.15) is 6.10 Å². The molecule has 0 saturated carbocycles. The van der Waals surface area contributed by atoms with Crippen molar-refractivity contribution < 1.29 is 9.53 Å². The van der Waals surface area contributed by atoms with Gasteiger partial charge in [-0.15, -0.1) is 0 Å². The van der Waals surface area contributed by atoms with Crippen LogP contribution in [0.25, 0.3) is 5.52 Å². The monoisotopic (exact) mass is 299 g/mol. The van der Waals surface area contributed by atoms with Crippen LogP contribution < -0.4 is 0 Å². The molecule has 7 heteroatoms. The van der Waals surface area contributed by atoms with Crippen LogP contribution in [0.2, 0.25) is 0 Å². The maximum absolute atomic E-state index is 12.9. The van der Waals surface area contributed by atoms with Gasteiger partial charge in [0.15, 0.2) is 0 Å². The highest BCUT2D eigenvalue weighted by molar-refractivity contribution is 5.95. The van der Waals surface area contributed by atoms with Crippen LogP contribution in [0, 0.1) is 6.92 Å². The van der Waals surface area contributed by atoms with Gasteiger partial charge < -0.3 is 14.0 Å². The number of aryl methyl sites for hydroxylation is 1. The number of rotatable bonds is 2. The van der Waals surface area contributed by atoms with E-state index in [9.17, 15) is 4.79 Å². The van der Waals surface area contributed by atoms with Crippen molar-refractivity contribution in [1.82, 2.24) is 14.3 Å². The molecule has 7 nitrogen and oxygen atoms in total. The van der Waals surface area contributed by atoms with Gasteiger partial charge in [-0.2, -0.15) is 10.2 Å². The summed E-state index contributed by atoms with van der Waals surface area (Å²) in [4.78, 5) is 18.8. The van der Waals surface area contributed by atoms with Crippen molar-refractivity contribution in [2.24, 2.45) is 10.2 Å². The first-order valence-corrected chi connectivity index (χ1v) is 7.35. The van der Waals surface area contributed by atoms with Crippen LogP contribution in [0.15, 0.2) is 34.9 Å². The summed E-state index contributed by atoms with van der Waals surface area (Å²) in [7, 11) is 0. The van der Waals surface area contributed by atoms with Crippen LogP contribution in [-0.2, 0) is 4.74 Å². The summed E-state index contributed by atoms with van der Waals surface area (Å²) < 4.78 is 7.64. The number of morpholine rings is 1. The number of aromatic nitrogens is 2. The third kappa shape index (κ3) is 2.00. The fraction of sp³-hybridized carbons (Fsp3) is 0.467. The third-order valence-electron chi connectivity index (χ3n) is 4.45. The number of pyridine rings is 1. The van der Waals surface area contributed by atoms with E-state index in [0.717, 1.165) is 11.2 Å². The largest absolute Gasteiger partial charge is 0.370 e. The van der Waals surface area contributed by atoms with Gasteiger partial charge in [0.25, 0.3) is 5.91 Å². The fourth-order valence-electron chi connectivity index (χ4n) is 2.90. The molecule has 2 aromatic rings. The zero-order valence-corrected chi connectivity index (χ0v) is 12.6. The number of fused-ring (bicyclic) bond motifs is 1. The summed E-state index contributed by atoms with van der Waals surface area (Å²) in [5.74, 6) is 0.0191. The van der Waals surface area contributed by atoms with E-state index in [1.54, 1.807) is 12.5 Å². The molecule has 22 heavy (non-hydrogen) atoms. The van der Waals surface area contributed by atoms with Gasteiger partial charge in [0.2, 0.25) is 5.66 Å². The Morgan fingerprint density at radius 1 is 1.41 bits per heavy atom. The number of hydrogen-bond donors (Lipinski definition) is 0. The summed E-state index contributed by atoms with van der Waals surface area (Å²) in [5, 5.41) is 8.05. The summed E-state index contributed by atoms with van der Waals surface area (Å²) in [6, 6.07) is 3.78. The molecule has 0 radical (unpaired) electrons. The molecule has 0 aromatic carbocycles. The van der Waals surface area contributed by atoms with E-state index >= 15 is 0 Å². The van der Waals surface area contributed by atoms with Crippen LogP contribution in [0.5, 0.6) is 0 Å². The van der Waals surface area contributed by atoms with Gasteiger partial charge in [-0.25, -0.2) is 4.98 Å². The van der Waals surface area contributed by atoms with Crippen LogP contribution in [0.4, 0.5) is 0 Å². The van der Waals surface area contributed by atoms with Gasteiger partial charge in [-0.05, 0) is 26.0 Å². The molecule has 0 bridgehead atoms. The first-order valence-electron chi connectivity index (χ1n) is 7.35. The molecule has 0 N–H and O–H groups in total. The second kappa shape index (κ2) is 4.61. The number of carbonyl (C=O) groups is 1. The quantitative estimate of drug-likeness (QED) is 0.846. The molecule has 0 aliphatic carbocycles. The normalized spacial score (nSPS) is 23.0. The number of ether oxygens (including phenoxy) is 1. The highest BCUT2D eigenvalue weighted by atomic mass is 16.5. The predicted octanol–water partition coefficient (Wildman–Crippen LogP) is 1.67. The Bertz CT molecular complexity index is 775. The van der Waals surface area contributed by atoms with E-state index in [2.05, 4.69) is 15.2 Å². The topological polar surface area (TPSA) is 71.6 Å². The van der Waals surface area contributed by atoms with Crippen molar-refractivity contribution >= 4 is 11.4 Å². The molecular weight excluding hydrogens is 282 g/mol. The van der Waals surface area contributed by atoms with Crippen LogP contribution >= 0.6 is 0 Å². The number of hydrogen-bond acceptors (Lipinski definition) is 5. The molecule has 114 valence electrons. The van der Waals surface area contributed by atoms with E-state index in [1.807, 2.05) is 35.3 Å². The molecule has 1 atom stereocenters. The first kappa shape index (κ1) is 13.4. The molecule has 2 aliphatic heterocycles. The lowest BCUT2D eigenvalue weighted by Gasteiger charge is -2.34. The van der Waals surface area contributed by atoms with Crippen molar-refractivity contribution in [3.63, 3.8) is 0 Å². The maximum Gasteiger partial charge on any atom is 0.255 e. The smallest absolute Gasteiger partial charge is 0.255 e.